The lowest BCUT2D eigenvalue weighted by molar-refractivity contribution is 0.0691. The third-order valence-corrected chi connectivity index (χ3v) is 5.07. The van der Waals surface area contributed by atoms with Gasteiger partial charge in [-0.15, -0.1) is 0 Å². The Hall–Kier alpha value is -0.580. The van der Waals surface area contributed by atoms with Gasteiger partial charge >= 0.3 is 0 Å². The highest BCUT2D eigenvalue weighted by molar-refractivity contribution is 9.10. The predicted octanol–water partition coefficient (Wildman–Crippen LogP) is 3.68. The van der Waals surface area contributed by atoms with Crippen molar-refractivity contribution in [3.63, 3.8) is 0 Å². The molecule has 0 aliphatic carbocycles. The van der Waals surface area contributed by atoms with E-state index < -0.39 is 0 Å². The van der Waals surface area contributed by atoms with Crippen LogP contribution in [0.15, 0.2) is 28.7 Å². The Labute approximate surface area is 137 Å². The molecule has 1 aliphatic heterocycles. The van der Waals surface area contributed by atoms with Crippen LogP contribution in [0, 0.1) is 0 Å². The van der Waals surface area contributed by atoms with E-state index in [4.69, 9.17) is 4.74 Å². The van der Waals surface area contributed by atoms with Crippen LogP contribution in [0.4, 0.5) is 0 Å². The van der Waals surface area contributed by atoms with Gasteiger partial charge in [0.15, 0.2) is 0 Å². The Kier molecular flexibility index (Phi) is 6.08. The highest BCUT2D eigenvalue weighted by Crippen LogP contribution is 2.20. The smallest absolute Gasteiger partial charge is 0.119 e. The van der Waals surface area contributed by atoms with Gasteiger partial charge in [-0.25, -0.2) is 0 Å². The molecule has 0 bridgehead atoms. The van der Waals surface area contributed by atoms with Crippen LogP contribution >= 0.6 is 15.9 Å². The van der Waals surface area contributed by atoms with E-state index >= 15 is 0 Å². The maximum absolute atomic E-state index is 5.88. The molecule has 1 fully saturated rings. The van der Waals surface area contributed by atoms with Crippen LogP contribution in [0.1, 0.15) is 33.6 Å². The Morgan fingerprint density at radius 1 is 1.33 bits per heavy atom. The highest BCUT2D eigenvalue weighted by Gasteiger charge is 2.33. The van der Waals surface area contributed by atoms with E-state index in [1.807, 2.05) is 24.3 Å². The van der Waals surface area contributed by atoms with E-state index in [0.717, 1.165) is 42.9 Å². The minimum atomic E-state index is 0.239. The van der Waals surface area contributed by atoms with Gasteiger partial charge in [0, 0.05) is 35.7 Å². The lowest BCUT2D eigenvalue weighted by atomic mass is 9.93. The van der Waals surface area contributed by atoms with E-state index in [1.165, 1.54) is 6.42 Å². The standard InChI is InChI=1S/C17H27BrN2O/c1-4-15-12-19-17(3,5-2)13-20(15)10-11-21-16-8-6-14(18)7-9-16/h6-9,15,19H,4-5,10-13H2,1-3H3. The lowest BCUT2D eigenvalue weighted by Gasteiger charge is -2.45. The first kappa shape index (κ1) is 16.8. The summed E-state index contributed by atoms with van der Waals surface area (Å²) in [7, 11) is 0. The number of halogens is 1. The fraction of sp³-hybridized carbons (Fsp3) is 0.647. The van der Waals surface area contributed by atoms with Crippen molar-refractivity contribution >= 4 is 15.9 Å². The molecule has 1 aliphatic rings. The van der Waals surface area contributed by atoms with Gasteiger partial charge in [-0.05, 0) is 44.0 Å². The molecule has 2 rings (SSSR count). The average molecular weight is 355 g/mol. The summed E-state index contributed by atoms with van der Waals surface area (Å²) in [5.41, 5.74) is 0.239. The lowest BCUT2D eigenvalue weighted by Crippen LogP contribution is -2.63. The average Bonchev–Trinajstić information content (AvgIpc) is 2.50. The number of hydrogen-bond donors (Lipinski definition) is 1. The summed E-state index contributed by atoms with van der Waals surface area (Å²) in [6.45, 7) is 10.8. The first-order chi connectivity index (χ1) is 10.1. The van der Waals surface area contributed by atoms with Crippen molar-refractivity contribution in [3.05, 3.63) is 28.7 Å². The van der Waals surface area contributed by atoms with Gasteiger partial charge in [0.2, 0.25) is 0 Å². The third-order valence-electron chi connectivity index (χ3n) is 4.55. The molecule has 0 aromatic heterocycles. The van der Waals surface area contributed by atoms with Crippen molar-refractivity contribution in [1.82, 2.24) is 10.2 Å². The summed E-state index contributed by atoms with van der Waals surface area (Å²) in [5, 5.41) is 3.70. The summed E-state index contributed by atoms with van der Waals surface area (Å²) in [6.07, 6.45) is 2.35. The molecule has 1 heterocycles. The summed E-state index contributed by atoms with van der Waals surface area (Å²) in [4.78, 5) is 2.58. The van der Waals surface area contributed by atoms with Crippen molar-refractivity contribution in [2.24, 2.45) is 0 Å². The molecule has 0 spiro atoms. The van der Waals surface area contributed by atoms with Crippen LogP contribution in [0.2, 0.25) is 0 Å². The zero-order valence-electron chi connectivity index (χ0n) is 13.4. The fourth-order valence-electron chi connectivity index (χ4n) is 2.84. The number of nitrogens with one attached hydrogen (secondary N) is 1. The molecule has 4 heteroatoms. The normalized spacial score (nSPS) is 26.8. The van der Waals surface area contributed by atoms with Gasteiger partial charge in [0.25, 0.3) is 0 Å². The van der Waals surface area contributed by atoms with Crippen molar-refractivity contribution in [2.75, 3.05) is 26.2 Å². The first-order valence-electron chi connectivity index (χ1n) is 7.94. The molecule has 1 aromatic rings. The molecule has 1 aromatic carbocycles. The van der Waals surface area contributed by atoms with Crippen LogP contribution in [0.5, 0.6) is 5.75 Å². The molecule has 0 amide bonds. The second-order valence-electron chi connectivity index (χ2n) is 6.13. The summed E-state index contributed by atoms with van der Waals surface area (Å²) >= 11 is 3.44. The number of ether oxygens (including phenoxy) is 1. The van der Waals surface area contributed by atoms with Crippen LogP contribution in [0.25, 0.3) is 0 Å². The number of hydrogen-bond acceptors (Lipinski definition) is 3. The van der Waals surface area contributed by atoms with E-state index in [9.17, 15) is 0 Å². The Morgan fingerprint density at radius 3 is 2.67 bits per heavy atom. The quantitative estimate of drug-likeness (QED) is 0.843. The highest BCUT2D eigenvalue weighted by atomic mass is 79.9. The molecule has 0 radical (unpaired) electrons. The molecule has 1 N–H and O–H groups in total. The van der Waals surface area contributed by atoms with E-state index in [1.54, 1.807) is 0 Å². The van der Waals surface area contributed by atoms with Crippen molar-refractivity contribution in [1.29, 1.82) is 0 Å². The van der Waals surface area contributed by atoms with Gasteiger partial charge in [-0.1, -0.05) is 29.8 Å². The van der Waals surface area contributed by atoms with E-state index in [-0.39, 0.29) is 5.54 Å². The second-order valence-corrected chi connectivity index (χ2v) is 7.05. The maximum Gasteiger partial charge on any atom is 0.119 e. The summed E-state index contributed by atoms with van der Waals surface area (Å²) < 4.78 is 6.96. The van der Waals surface area contributed by atoms with Gasteiger partial charge < -0.3 is 10.1 Å². The van der Waals surface area contributed by atoms with Crippen molar-refractivity contribution < 1.29 is 4.74 Å². The Morgan fingerprint density at radius 2 is 2.05 bits per heavy atom. The number of benzene rings is 1. The molecule has 118 valence electrons. The Balaban J connectivity index is 1.85. The monoisotopic (exact) mass is 354 g/mol. The minimum Gasteiger partial charge on any atom is -0.492 e. The molecule has 1 saturated heterocycles. The number of piperazine rings is 1. The van der Waals surface area contributed by atoms with E-state index in [0.29, 0.717) is 6.04 Å². The first-order valence-corrected chi connectivity index (χ1v) is 8.73. The van der Waals surface area contributed by atoms with Gasteiger partial charge in [0.1, 0.15) is 12.4 Å². The third kappa shape index (κ3) is 4.70. The largest absolute Gasteiger partial charge is 0.492 e. The fourth-order valence-corrected chi connectivity index (χ4v) is 3.10. The van der Waals surface area contributed by atoms with Crippen LogP contribution in [-0.4, -0.2) is 42.7 Å². The number of nitrogens with zero attached hydrogens (tertiary/aromatic N) is 1. The predicted molar refractivity (Wildman–Crippen MR) is 92.0 cm³/mol. The van der Waals surface area contributed by atoms with Crippen molar-refractivity contribution in [2.45, 2.75) is 45.2 Å². The topological polar surface area (TPSA) is 24.5 Å². The second kappa shape index (κ2) is 7.61. The minimum absolute atomic E-state index is 0.239. The number of rotatable bonds is 6. The van der Waals surface area contributed by atoms with Crippen LogP contribution in [-0.2, 0) is 0 Å². The molecule has 21 heavy (non-hydrogen) atoms. The molecular weight excluding hydrogens is 328 g/mol. The zero-order valence-corrected chi connectivity index (χ0v) is 14.9. The van der Waals surface area contributed by atoms with Crippen LogP contribution in [0.3, 0.4) is 0 Å². The van der Waals surface area contributed by atoms with Crippen LogP contribution < -0.4 is 10.1 Å². The van der Waals surface area contributed by atoms with Gasteiger partial charge in [-0.3, -0.25) is 4.90 Å². The molecular formula is C17H27BrN2O. The molecule has 3 nitrogen and oxygen atoms in total. The molecule has 2 unspecified atom stereocenters. The van der Waals surface area contributed by atoms with E-state index in [2.05, 4.69) is 46.9 Å². The summed E-state index contributed by atoms with van der Waals surface area (Å²) in [6, 6.07) is 8.68. The molecule has 2 atom stereocenters. The zero-order chi connectivity index (χ0) is 15.3. The maximum atomic E-state index is 5.88. The van der Waals surface area contributed by atoms with Gasteiger partial charge in [0.05, 0.1) is 0 Å². The SMILES string of the molecule is CCC1CNC(C)(CC)CN1CCOc1ccc(Br)cc1. The van der Waals surface area contributed by atoms with Crippen molar-refractivity contribution in [3.8, 4) is 5.75 Å². The Bertz CT molecular complexity index is 437. The molecule has 0 saturated carbocycles. The van der Waals surface area contributed by atoms with Gasteiger partial charge in [-0.2, -0.15) is 0 Å². The summed E-state index contributed by atoms with van der Waals surface area (Å²) in [5.74, 6) is 0.944.